The van der Waals surface area contributed by atoms with Gasteiger partial charge in [-0.15, -0.1) is 0 Å². The van der Waals surface area contributed by atoms with E-state index in [4.69, 9.17) is 17.0 Å². The molecule has 0 aliphatic rings. The summed E-state index contributed by atoms with van der Waals surface area (Å²) in [6.07, 6.45) is 3.39. The molecule has 0 aliphatic carbocycles. The first-order valence-electron chi connectivity index (χ1n) is 5.11. The van der Waals surface area contributed by atoms with Gasteiger partial charge in [0.25, 0.3) is 0 Å². The molecule has 5 nitrogen and oxygen atoms in total. The Hall–Kier alpha value is -1.66. The van der Waals surface area contributed by atoms with E-state index in [-0.39, 0.29) is 6.61 Å². The fourth-order valence-corrected chi connectivity index (χ4v) is 1.82. The monoisotopic (exact) mass is 251 g/mol. The summed E-state index contributed by atoms with van der Waals surface area (Å²) in [6, 6.07) is 3.73. The zero-order valence-corrected chi connectivity index (χ0v) is 10.2. The van der Waals surface area contributed by atoms with Crippen molar-refractivity contribution in [2.24, 2.45) is 0 Å². The first kappa shape index (κ1) is 11.8. The lowest BCUT2D eigenvalue weighted by Gasteiger charge is -2.07. The number of aliphatic hydroxyl groups is 1. The Morgan fingerprint density at radius 3 is 3.12 bits per heavy atom. The Morgan fingerprint density at radius 2 is 2.41 bits per heavy atom. The predicted octanol–water partition coefficient (Wildman–Crippen LogP) is 1.49. The molecular weight excluding hydrogens is 238 g/mol. The number of nitrogens with zero attached hydrogens (tertiary/aromatic N) is 2. The first-order chi connectivity index (χ1) is 8.24. The zero-order chi connectivity index (χ0) is 12.3. The van der Waals surface area contributed by atoms with Crippen molar-refractivity contribution in [1.29, 1.82) is 0 Å². The minimum atomic E-state index is -0.0463. The van der Waals surface area contributed by atoms with Crippen molar-refractivity contribution in [3.05, 3.63) is 40.6 Å². The molecule has 6 heteroatoms. The van der Waals surface area contributed by atoms with Crippen LogP contribution >= 0.6 is 12.2 Å². The minimum absolute atomic E-state index is 0.0463. The highest BCUT2D eigenvalue weighted by atomic mass is 32.1. The summed E-state index contributed by atoms with van der Waals surface area (Å²) in [4.78, 5) is 6.95. The van der Waals surface area contributed by atoms with Crippen molar-refractivity contribution in [3.8, 4) is 5.88 Å². The van der Waals surface area contributed by atoms with E-state index in [0.717, 1.165) is 11.3 Å². The van der Waals surface area contributed by atoms with Crippen LogP contribution in [0.2, 0.25) is 0 Å². The van der Waals surface area contributed by atoms with Gasteiger partial charge in [-0.05, 0) is 23.8 Å². The van der Waals surface area contributed by atoms with Crippen molar-refractivity contribution in [2.45, 2.75) is 13.2 Å². The van der Waals surface area contributed by atoms with E-state index >= 15 is 0 Å². The number of aromatic amines is 1. The molecule has 2 heterocycles. The van der Waals surface area contributed by atoms with Gasteiger partial charge in [0, 0.05) is 18.5 Å². The number of imidazole rings is 1. The van der Waals surface area contributed by atoms with Gasteiger partial charge < -0.3 is 19.4 Å². The van der Waals surface area contributed by atoms with E-state index in [2.05, 4.69) is 9.97 Å². The third-order valence-corrected chi connectivity index (χ3v) is 2.80. The van der Waals surface area contributed by atoms with Gasteiger partial charge in [-0.25, -0.2) is 4.98 Å². The lowest BCUT2D eigenvalue weighted by molar-refractivity contribution is 0.271. The van der Waals surface area contributed by atoms with Gasteiger partial charge in [0.2, 0.25) is 5.88 Å². The molecule has 0 atom stereocenters. The number of hydrogen-bond donors (Lipinski definition) is 2. The maximum Gasteiger partial charge on any atom is 0.213 e. The number of rotatable bonds is 4. The van der Waals surface area contributed by atoms with E-state index < -0.39 is 0 Å². The van der Waals surface area contributed by atoms with Crippen LogP contribution in [0.3, 0.4) is 0 Å². The number of aliphatic hydroxyl groups excluding tert-OH is 1. The largest absolute Gasteiger partial charge is 0.481 e. The lowest BCUT2D eigenvalue weighted by Crippen LogP contribution is -2.05. The van der Waals surface area contributed by atoms with Crippen LogP contribution in [0.4, 0.5) is 0 Å². The van der Waals surface area contributed by atoms with E-state index in [1.165, 1.54) is 0 Å². The molecule has 17 heavy (non-hydrogen) atoms. The van der Waals surface area contributed by atoms with Crippen molar-refractivity contribution in [2.75, 3.05) is 7.11 Å². The molecule has 2 N–H and O–H groups in total. The molecule has 2 aromatic heterocycles. The van der Waals surface area contributed by atoms with Gasteiger partial charge in [-0.3, -0.25) is 0 Å². The van der Waals surface area contributed by atoms with Crippen LogP contribution in [-0.2, 0) is 13.2 Å². The molecule has 0 amide bonds. The highest BCUT2D eigenvalue weighted by molar-refractivity contribution is 7.71. The molecule has 2 aromatic rings. The van der Waals surface area contributed by atoms with Crippen molar-refractivity contribution < 1.29 is 9.84 Å². The summed E-state index contributed by atoms with van der Waals surface area (Å²) < 4.78 is 7.48. The van der Waals surface area contributed by atoms with Gasteiger partial charge in [0.05, 0.1) is 26.0 Å². The van der Waals surface area contributed by atoms with Gasteiger partial charge >= 0.3 is 0 Å². The maximum absolute atomic E-state index is 9.19. The topological polar surface area (TPSA) is 63.1 Å². The number of methoxy groups -OCH3 is 1. The number of hydrogen-bond acceptors (Lipinski definition) is 4. The quantitative estimate of drug-likeness (QED) is 0.808. The Morgan fingerprint density at radius 1 is 1.59 bits per heavy atom. The summed E-state index contributed by atoms with van der Waals surface area (Å²) >= 11 is 5.15. The number of pyridine rings is 1. The van der Waals surface area contributed by atoms with Crippen LogP contribution < -0.4 is 4.74 Å². The molecule has 0 aromatic carbocycles. The lowest BCUT2D eigenvalue weighted by atomic mass is 10.2. The van der Waals surface area contributed by atoms with E-state index in [9.17, 15) is 5.11 Å². The fourth-order valence-electron chi connectivity index (χ4n) is 1.58. The van der Waals surface area contributed by atoms with Gasteiger partial charge in [0.15, 0.2) is 4.77 Å². The molecule has 0 aliphatic heterocycles. The minimum Gasteiger partial charge on any atom is -0.481 e. The predicted molar refractivity (Wildman–Crippen MR) is 65.4 cm³/mol. The van der Waals surface area contributed by atoms with Crippen LogP contribution in [0.5, 0.6) is 5.88 Å². The summed E-state index contributed by atoms with van der Waals surface area (Å²) in [5.74, 6) is 0.565. The normalized spacial score (nSPS) is 10.5. The molecule has 0 fully saturated rings. The number of nitrogens with one attached hydrogen (secondary N) is 1. The van der Waals surface area contributed by atoms with Crippen LogP contribution in [0.1, 0.15) is 11.3 Å². The van der Waals surface area contributed by atoms with Crippen LogP contribution in [-0.4, -0.2) is 26.8 Å². The highest BCUT2D eigenvalue weighted by Gasteiger charge is 2.04. The Balaban J connectivity index is 2.30. The second-order valence-electron chi connectivity index (χ2n) is 3.54. The summed E-state index contributed by atoms with van der Waals surface area (Å²) in [7, 11) is 1.58. The molecule has 2 rings (SSSR count). The third-order valence-electron chi connectivity index (χ3n) is 2.47. The smallest absolute Gasteiger partial charge is 0.213 e. The average Bonchev–Trinajstić information content (AvgIpc) is 2.71. The van der Waals surface area contributed by atoms with Crippen LogP contribution in [0, 0.1) is 4.77 Å². The van der Waals surface area contributed by atoms with Gasteiger partial charge in [-0.1, -0.05) is 0 Å². The summed E-state index contributed by atoms with van der Waals surface area (Å²) in [5, 5.41) is 9.19. The molecule has 0 unspecified atom stereocenters. The van der Waals surface area contributed by atoms with Crippen LogP contribution in [0.15, 0.2) is 24.5 Å². The number of H-pyrrole nitrogens is 1. The molecule has 0 radical (unpaired) electrons. The van der Waals surface area contributed by atoms with E-state index in [1.54, 1.807) is 19.5 Å². The molecular formula is C11H13N3O2S. The van der Waals surface area contributed by atoms with Crippen molar-refractivity contribution in [1.82, 2.24) is 14.5 Å². The number of ether oxygens (including phenoxy) is 1. The highest BCUT2D eigenvalue weighted by Crippen LogP contribution is 2.12. The SMILES string of the molecule is COc1cc(Cn2c(CO)c[nH]c2=S)ccn1. The van der Waals surface area contributed by atoms with E-state index in [0.29, 0.717) is 17.2 Å². The van der Waals surface area contributed by atoms with Gasteiger partial charge in [-0.2, -0.15) is 0 Å². The average molecular weight is 251 g/mol. The van der Waals surface area contributed by atoms with Gasteiger partial charge in [0.1, 0.15) is 0 Å². The van der Waals surface area contributed by atoms with E-state index in [1.807, 2.05) is 16.7 Å². The Kier molecular flexibility index (Phi) is 3.55. The molecule has 90 valence electrons. The Bertz CT molecular complexity index is 562. The third kappa shape index (κ3) is 2.54. The van der Waals surface area contributed by atoms with Crippen LogP contribution in [0.25, 0.3) is 0 Å². The summed E-state index contributed by atoms with van der Waals surface area (Å²) in [5.41, 5.74) is 1.77. The number of aromatic nitrogens is 3. The summed E-state index contributed by atoms with van der Waals surface area (Å²) in [6.45, 7) is 0.534. The van der Waals surface area contributed by atoms with Crippen molar-refractivity contribution >= 4 is 12.2 Å². The first-order valence-corrected chi connectivity index (χ1v) is 5.52. The Labute approximate surface area is 104 Å². The molecule has 0 saturated heterocycles. The second-order valence-corrected chi connectivity index (χ2v) is 3.92. The molecule has 0 saturated carbocycles. The molecule has 0 bridgehead atoms. The second kappa shape index (κ2) is 5.11. The van der Waals surface area contributed by atoms with Crippen molar-refractivity contribution in [3.63, 3.8) is 0 Å². The maximum atomic E-state index is 9.19. The zero-order valence-electron chi connectivity index (χ0n) is 9.38. The molecule has 0 spiro atoms. The fraction of sp³-hybridized carbons (Fsp3) is 0.273. The standard InChI is InChI=1S/C11H13N3O2S/c1-16-10-4-8(2-3-12-10)6-14-9(7-15)5-13-11(14)17/h2-5,15H,6-7H2,1H3,(H,13,17).